The topological polar surface area (TPSA) is 102 Å². The normalized spacial score (nSPS) is 14.6. The molecule has 0 saturated heterocycles. The van der Waals surface area contributed by atoms with Crippen molar-refractivity contribution in [2.24, 2.45) is 5.41 Å². The fraction of sp³-hybridized carbons (Fsp3) is 0.267. The van der Waals surface area contributed by atoms with Crippen molar-refractivity contribution >= 4 is 23.9 Å². The van der Waals surface area contributed by atoms with E-state index in [-0.39, 0.29) is 23.7 Å². The van der Waals surface area contributed by atoms with Gasteiger partial charge in [-0.1, -0.05) is 65.7 Å². The maximum Gasteiger partial charge on any atom is 0.407 e. The van der Waals surface area contributed by atoms with E-state index in [1.807, 2.05) is 36.4 Å². The van der Waals surface area contributed by atoms with Crippen LogP contribution < -0.4 is 5.32 Å². The molecule has 0 unspecified atom stereocenters. The van der Waals surface area contributed by atoms with Gasteiger partial charge in [0.15, 0.2) is 0 Å². The highest BCUT2D eigenvalue weighted by atomic mass is 16.7. The van der Waals surface area contributed by atoms with Crippen LogP contribution in [0.5, 0.6) is 0 Å². The average Bonchev–Trinajstić information content (AvgIpc) is 3.34. The second-order valence-electron chi connectivity index (χ2n) is 10.5. The van der Waals surface area contributed by atoms with Crippen molar-refractivity contribution in [3.63, 3.8) is 0 Å². The van der Waals surface area contributed by atoms with Crippen molar-refractivity contribution in [2.75, 3.05) is 6.61 Å². The van der Waals surface area contributed by atoms with E-state index in [1.165, 1.54) is 12.1 Å². The van der Waals surface area contributed by atoms with Crippen LogP contribution in [0.2, 0.25) is 0 Å². The smallest absolute Gasteiger partial charge is 0.407 e. The van der Waals surface area contributed by atoms with Crippen molar-refractivity contribution in [2.45, 2.75) is 39.2 Å². The molecular weight excluding hydrogens is 484 g/mol. The minimum atomic E-state index is -1.34. The summed E-state index contributed by atoms with van der Waals surface area (Å²) in [7, 11) is 0. The third kappa shape index (κ3) is 4.02. The number of ether oxygens (including phenoxy) is 1. The Morgan fingerprint density at radius 3 is 1.71 bits per heavy atom. The lowest BCUT2D eigenvalue weighted by atomic mass is 9.74. The fourth-order valence-electron chi connectivity index (χ4n) is 4.75. The molecule has 3 aromatic carbocycles. The molecule has 3 aromatic rings. The van der Waals surface area contributed by atoms with Gasteiger partial charge >= 0.3 is 12.1 Å². The number of alkyl carbamates (subject to hydrolysis) is 1. The van der Waals surface area contributed by atoms with Gasteiger partial charge in [0.25, 0.3) is 11.8 Å². The summed E-state index contributed by atoms with van der Waals surface area (Å²) in [5, 5.41) is 3.23. The SMILES string of the molecule is CC(C)(NC(=O)OCC1c2ccccc2-c2ccccc21)C(C)(C)C(=O)ON1C(=O)c2ccccc2C1=O. The highest BCUT2D eigenvalue weighted by Gasteiger charge is 2.49. The van der Waals surface area contributed by atoms with Crippen molar-refractivity contribution in [1.29, 1.82) is 0 Å². The molecule has 1 aliphatic heterocycles. The van der Waals surface area contributed by atoms with Crippen LogP contribution in [-0.4, -0.2) is 41.1 Å². The van der Waals surface area contributed by atoms with E-state index in [4.69, 9.17) is 9.57 Å². The molecule has 0 fully saturated rings. The molecule has 38 heavy (non-hydrogen) atoms. The van der Waals surface area contributed by atoms with Crippen LogP contribution in [0.25, 0.3) is 11.1 Å². The number of hydrogen-bond donors (Lipinski definition) is 1. The predicted octanol–water partition coefficient (Wildman–Crippen LogP) is 5.08. The number of hydrogen-bond acceptors (Lipinski definition) is 6. The van der Waals surface area contributed by atoms with E-state index in [1.54, 1.807) is 39.8 Å². The standard InChI is InChI=1S/C30H28N2O6/c1-29(2,27(35)38-32-25(33)22-15-9-10-16-23(22)26(32)34)30(3,4)31-28(36)37-17-24-20-13-7-5-11-18(20)19-12-6-8-14-21(19)24/h5-16,24H,17H2,1-4H3,(H,31,36). The molecule has 3 amide bonds. The van der Waals surface area contributed by atoms with Crippen LogP contribution in [0, 0.1) is 5.41 Å². The molecular formula is C30H28N2O6. The Morgan fingerprint density at radius 1 is 0.763 bits per heavy atom. The fourth-order valence-corrected chi connectivity index (χ4v) is 4.75. The average molecular weight is 513 g/mol. The zero-order valence-electron chi connectivity index (χ0n) is 21.6. The molecule has 2 aliphatic rings. The van der Waals surface area contributed by atoms with Gasteiger partial charge in [0.05, 0.1) is 22.1 Å². The van der Waals surface area contributed by atoms with Crippen molar-refractivity contribution in [1.82, 2.24) is 10.4 Å². The van der Waals surface area contributed by atoms with E-state index in [2.05, 4.69) is 17.4 Å². The van der Waals surface area contributed by atoms with Crippen LogP contribution in [-0.2, 0) is 14.4 Å². The number of rotatable bonds is 6. The summed E-state index contributed by atoms with van der Waals surface area (Å²) in [6, 6.07) is 22.3. The summed E-state index contributed by atoms with van der Waals surface area (Å²) >= 11 is 0. The van der Waals surface area contributed by atoms with E-state index in [0.717, 1.165) is 22.3 Å². The molecule has 0 saturated carbocycles. The van der Waals surface area contributed by atoms with Crippen molar-refractivity contribution < 1.29 is 28.8 Å². The highest BCUT2D eigenvalue weighted by molar-refractivity contribution is 6.21. The number of benzene rings is 3. The van der Waals surface area contributed by atoms with Crippen LogP contribution in [0.3, 0.4) is 0 Å². The Hall–Kier alpha value is -4.46. The molecule has 1 N–H and O–H groups in total. The van der Waals surface area contributed by atoms with E-state index in [9.17, 15) is 19.2 Å². The number of nitrogens with zero attached hydrogens (tertiary/aromatic N) is 1. The maximum absolute atomic E-state index is 13.2. The summed E-state index contributed by atoms with van der Waals surface area (Å²) in [5.74, 6) is -2.38. The second kappa shape index (κ2) is 9.13. The molecule has 0 spiro atoms. The minimum absolute atomic E-state index is 0.108. The number of fused-ring (bicyclic) bond motifs is 4. The number of imide groups is 1. The molecule has 0 radical (unpaired) electrons. The lowest BCUT2D eigenvalue weighted by Gasteiger charge is -2.39. The van der Waals surface area contributed by atoms with Gasteiger partial charge in [0.2, 0.25) is 0 Å². The second-order valence-corrected chi connectivity index (χ2v) is 10.5. The van der Waals surface area contributed by atoms with Crippen LogP contribution >= 0.6 is 0 Å². The number of hydroxylamine groups is 2. The third-order valence-electron chi connectivity index (χ3n) is 7.76. The quantitative estimate of drug-likeness (QED) is 0.462. The highest BCUT2D eigenvalue weighted by Crippen LogP contribution is 2.44. The minimum Gasteiger partial charge on any atom is -0.449 e. The van der Waals surface area contributed by atoms with Gasteiger partial charge in [0, 0.05) is 5.92 Å². The first-order valence-electron chi connectivity index (χ1n) is 12.4. The number of nitrogens with one attached hydrogen (secondary N) is 1. The first-order chi connectivity index (χ1) is 18.0. The van der Waals surface area contributed by atoms with Gasteiger partial charge in [-0.2, -0.15) is 0 Å². The van der Waals surface area contributed by atoms with Crippen LogP contribution in [0.4, 0.5) is 4.79 Å². The first-order valence-corrected chi connectivity index (χ1v) is 12.4. The van der Waals surface area contributed by atoms with Gasteiger partial charge in [0.1, 0.15) is 6.61 Å². The molecule has 8 nitrogen and oxygen atoms in total. The Bertz CT molecular complexity index is 1390. The lowest BCUT2D eigenvalue weighted by molar-refractivity contribution is -0.183. The molecule has 1 heterocycles. The maximum atomic E-state index is 13.2. The van der Waals surface area contributed by atoms with Crippen LogP contribution in [0.1, 0.15) is 65.5 Å². The Morgan fingerprint density at radius 2 is 1.21 bits per heavy atom. The molecule has 0 atom stereocenters. The van der Waals surface area contributed by atoms with Gasteiger partial charge in [-0.3, -0.25) is 9.59 Å². The van der Waals surface area contributed by atoms with Crippen molar-refractivity contribution in [3.05, 3.63) is 95.1 Å². The third-order valence-corrected chi connectivity index (χ3v) is 7.76. The first kappa shape index (κ1) is 25.2. The Labute approximate surface area is 220 Å². The summed E-state index contributed by atoms with van der Waals surface area (Å²) in [6.45, 7) is 6.56. The largest absolute Gasteiger partial charge is 0.449 e. The van der Waals surface area contributed by atoms with Crippen molar-refractivity contribution in [3.8, 4) is 11.1 Å². The van der Waals surface area contributed by atoms with Gasteiger partial charge in [-0.05, 0) is 62.1 Å². The van der Waals surface area contributed by atoms with E-state index < -0.39 is 34.8 Å². The summed E-state index contributed by atoms with van der Waals surface area (Å²) < 4.78 is 5.64. The van der Waals surface area contributed by atoms with Gasteiger partial charge < -0.3 is 14.9 Å². The van der Waals surface area contributed by atoms with Gasteiger partial charge in [-0.15, -0.1) is 0 Å². The lowest BCUT2D eigenvalue weighted by Crippen LogP contribution is -2.58. The zero-order valence-corrected chi connectivity index (χ0v) is 21.6. The number of carbonyl (C=O) groups excluding carboxylic acids is 4. The van der Waals surface area contributed by atoms with E-state index in [0.29, 0.717) is 5.06 Å². The summed E-state index contributed by atoms with van der Waals surface area (Å²) in [4.78, 5) is 56.6. The molecule has 8 heteroatoms. The van der Waals surface area contributed by atoms with Crippen LogP contribution in [0.15, 0.2) is 72.8 Å². The molecule has 1 aliphatic carbocycles. The molecule has 0 bridgehead atoms. The molecule has 194 valence electrons. The molecule has 0 aromatic heterocycles. The Kier molecular flexibility index (Phi) is 6.06. The monoisotopic (exact) mass is 512 g/mol. The molecule has 5 rings (SSSR count). The Balaban J connectivity index is 1.25. The number of carbonyl (C=O) groups is 4. The predicted molar refractivity (Wildman–Crippen MR) is 139 cm³/mol. The number of amides is 3. The summed E-state index contributed by atoms with van der Waals surface area (Å²) in [6.07, 6.45) is -0.696. The van der Waals surface area contributed by atoms with Gasteiger partial charge in [-0.25, -0.2) is 9.59 Å². The van der Waals surface area contributed by atoms with E-state index >= 15 is 0 Å². The zero-order chi connectivity index (χ0) is 27.2. The summed E-state index contributed by atoms with van der Waals surface area (Å²) in [5.41, 5.74) is 2.25.